The fourth-order valence-corrected chi connectivity index (χ4v) is 2.22. The first-order valence-electron chi connectivity index (χ1n) is 6.25. The van der Waals surface area contributed by atoms with Gasteiger partial charge in [0.15, 0.2) is 0 Å². The number of amides is 1. The Morgan fingerprint density at radius 3 is 2.76 bits per heavy atom. The van der Waals surface area contributed by atoms with Crippen molar-refractivity contribution in [2.45, 2.75) is 51.1 Å². The van der Waals surface area contributed by atoms with Gasteiger partial charge in [-0.2, -0.15) is 0 Å². The van der Waals surface area contributed by atoms with Gasteiger partial charge >= 0.3 is 5.97 Å². The normalized spacial score (nSPS) is 22.1. The highest BCUT2D eigenvalue weighted by Crippen LogP contribution is 2.19. The SMILES string of the molecule is CCC[C@H](N)C(=O)N1CCCCC1C(=O)OC. The summed E-state index contributed by atoms with van der Waals surface area (Å²) in [5.74, 6) is -0.455. The largest absolute Gasteiger partial charge is 0.467 e. The molecule has 0 bridgehead atoms. The molecule has 5 nitrogen and oxygen atoms in total. The van der Waals surface area contributed by atoms with Crippen molar-refractivity contribution in [1.29, 1.82) is 0 Å². The molecular weight excluding hydrogens is 220 g/mol. The van der Waals surface area contributed by atoms with Crippen molar-refractivity contribution < 1.29 is 14.3 Å². The highest BCUT2D eigenvalue weighted by atomic mass is 16.5. The Labute approximate surface area is 102 Å². The minimum Gasteiger partial charge on any atom is -0.467 e. The van der Waals surface area contributed by atoms with Crippen LogP contribution in [0.2, 0.25) is 0 Å². The van der Waals surface area contributed by atoms with E-state index < -0.39 is 12.1 Å². The number of hydrogen-bond donors (Lipinski definition) is 1. The van der Waals surface area contributed by atoms with E-state index in [2.05, 4.69) is 0 Å². The van der Waals surface area contributed by atoms with E-state index in [1.54, 1.807) is 4.90 Å². The second kappa shape index (κ2) is 6.59. The molecule has 0 aromatic rings. The average Bonchev–Trinajstić information content (AvgIpc) is 2.37. The van der Waals surface area contributed by atoms with Crippen LogP contribution in [0.25, 0.3) is 0 Å². The fourth-order valence-electron chi connectivity index (χ4n) is 2.22. The van der Waals surface area contributed by atoms with Crippen LogP contribution < -0.4 is 5.73 Å². The van der Waals surface area contributed by atoms with Gasteiger partial charge in [0, 0.05) is 6.54 Å². The molecule has 1 unspecified atom stereocenters. The number of ether oxygens (including phenoxy) is 1. The van der Waals surface area contributed by atoms with Gasteiger partial charge in [0.05, 0.1) is 13.2 Å². The Hall–Kier alpha value is -1.10. The molecule has 0 aliphatic carbocycles. The third kappa shape index (κ3) is 3.43. The zero-order valence-corrected chi connectivity index (χ0v) is 10.6. The van der Waals surface area contributed by atoms with Gasteiger partial charge in [-0.25, -0.2) is 4.79 Å². The van der Waals surface area contributed by atoms with E-state index in [1.165, 1.54) is 7.11 Å². The van der Waals surface area contributed by atoms with Crippen LogP contribution in [-0.4, -0.2) is 42.5 Å². The summed E-state index contributed by atoms with van der Waals surface area (Å²) in [6.07, 6.45) is 4.08. The van der Waals surface area contributed by atoms with Gasteiger partial charge in [-0.1, -0.05) is 13.3 Å². The van der Waals surface area contributed by atoms with Crippen LogP contribution in [0.3, 0.4) is 0 Å². The third-order valence-electron chi connectivity index (χ3n) is 3.18. The highest BCUT2D eigenvalue weighted by molar-refractivity contribution is 5.87. The molecule has 2 atom stereocenters. The number of esters is 1. The van der Waals surface area contributed by atoms with Gasteiger partial charge in [-0.3, -0.25) is 4.79 Å². The predicted molar refractivity (Wildman–Crippen MR) is 64.3 cm³/mol. The maximum Gasteiger partial charge on any atom is 0.328 e. The summed E-state index contributed by atoms with van der Waals surface area (Å²) in [5, 5.41) is 0. The summed E-state index contributed by atoms with van der Waals surface area (Å²) >= 11 is 0. The maximum atomic E-state index is 12.1. The predicted octanol–water partition coefficient (Wildman–Crippen LogP) is 0.668. The van der Waals surface area contributed by atoms with Crippen LogP contribution in [0, 0.1) is 0 Å². The fraction of sp³-hybridized carbons (Fsp3) is 0.833. The molecule has 98 valence electrons. The number of carbonyl (C=O) groups is 2. The van der Waals surface area contributed by atoms with Crippen LogP contribution in [0.1, 0.15) is 39.0 Å². The van der Waals surface area contributed by atoms with Crippen molar-refractivity contribution in [1.82, 2.24) is 4.90 Å². The topological polar surface area (TPSA) is 72.6 Å². The number of rotatable bonds is 4. The molecule has 5 heteroatoms. The van der Waals surface area contributed by atoms with Crippen LogP contribution in [0.4, 0.5) is 0 Å². The Morgan fingerprint density at radius 1 is 1.47 bits per heavy atom. The molecule has 0 aromatic carbocycles. The molecule has 1 rings (SSSR count). The number of piperidine rings is 1. The zero-order valence-electron chi connectivity index (χ0n) is 10.6. The van der Waals surface area contributed by atoms with Gasteiger partial charge < -0.3 is 15.4 Å². The van der Waals surface area contributed by atoms with Crippen LogP contribution in [0.15, 0.2) is 0 Å². The number of carbonyl (C=O) groups excluding carboxylic acids is 2. The van der Waals surface area contributed by atoms with Crippen molar-refractivity contribution in [3.05, 3.63) is 0 Å². The monoisotopic (exact) mass is 242 g/mol. The number of nitrogens with two attached hydrogens (primary N) is 1. The van der Waals surface area contributed by atoms with E-state index in [0.29, 0.717) is 19.4 Å². The summed E-state index contributed by atoms with van der Waals surface area (Å²) in [5.41, 5.74) is 5.82. The summed E-state index contributed by atoms with van der Waals surface area (Å²) in [6.45, 7) is 2.59. The lowest BCUT2D eigenvalue weighted by atomic mass is 10.0. The van der Waals surface area contributed by atoms with Crippen molar-refractivity contribution in [3.8, 4) is 0 Å². The lowest BCUT2D eigenvalue weighted by Gasteiger charge is -2.35. The van der Waals surface area contributed by atoms with Gasteiger partial charge in [0.2, 0.25) is 5.91 Å². The first kappa shape index (κ1) is 14.0. The number of likely N-dealkylation sites (tertiary alicyclic amines) is 1. The molecule has 1 heterocycles. The molecule has 1 amide bonds. The van der Waals surface area contributed by atoms with Gasteiger partial charge in [-0.15, -0.1) is 0 Å². The lowest BCUT2D eigenvalue weighted by molar-refractivity contribution is -0.155. The molecule has 0 radical (unpaired) electrons. The average molecular weight is 242 g/mol. The van der Waals surface area contributed by atoms with Crippen LogP contribution in [0.5, 0.6) is 0 Å². The first-order chi connectivity index (χ1) is 8.11. The third-order valence-corrected chi connectivity index (χ3v) is 3.18. The van der Waals surface area contributed by atoms with E-state index >= 15 is 0 Å². The minimum absolute atomic E-state index is 0.123. The molecule has 0 spiro atoms. The Kier molecular flexibility index (Phi) is 5.41. The van der Waals surface area contributed by atoms with E-state index in [-0.39, 0.29) is 11.9 Å². The van der Waals surface area contributed by atoms with Crippen molar-refractivity contribution in [3.63, 3.8) is 0 Å². The maximum absolute atomic E-state index is 12.1. The molecule has 1 fully saturated rings. The van der Waals surface area contributed by atoms with Crippen molar-refractivity contribution in [2.24, 2.45) is 5.73 Å². The second-order valence-corrected chi connectivity index (χ2v) is 4.46. The molecule has 2 N–H and O–H groups in total. The highest BCUT2D eigenvalue weighted by Gasteiger charge is 2.34. The Balaban J connectivity index is 2.70. The number of methoxy groups -OCH3 is 1. The molecule has 1 saturated heterocycles. The summed E-state index contributed by atoms with van der Waals surface area (Å²) in [4.78, 5) is 25.3. The number of nitrogens with zero attached hydrogens (tertiary/aromatic N) is 1. The van der Waals surface area contributed by atoms with Crippen molar-refractivity contribution in [2.75, 3.05) is 13.7 Å². The van der Waals surface area contributed by atoms with E-state index in [4.69, 9.17) is 10.5 Å². The van der Waals surface area contributed by atoms with Gasteiger partial charge in [-0.05, 0) is 25.7 Å². The lowest BCUT2D eigenvalue weighted by Crippen LogP contribution is -2.53. The molecule has 1 aliphatic rings. The molecule has 17 heavy (non-hydrogen) atoms. The Bertz CT molecular complexity index is 281. The van der Waals surface area contributed by atoms with Crippen LogP contribution >= 0.6 is 0 Å². The smallest absolute Gasteiger partial charge is 0.328 e. The van der Waals surface area contributed by atoms with E-state index in [9.17, 15) is 9.59 Å². The van der Waals surface area contributed by atoms with Gasteiger partial charge in [0.1, 0.15) is 6.04 Å². The van der Waals surface area contributed by atoms with E-state index in [0.717, 1.165) is 19.3 Å². The second-order valence-electron chi connectivity index (χ2n) is 4.46. The van der Waals surface area contributed by atoms with Crippen molar-refractivity contribution >= 4 is 11.9 Å². The number of hydrogen-bond acceptors (Lipinski definition) is 4. The molecule has 0 saturated carbocycles. The zero-order chi connectivity index (χ0) is 12.8. The van der Waals surface area contributed by atoms with E-state index in [1.807, 2.05) is 6.92 Å². The summed E-state index contributed by atoms with van der Waals surface area (Å²) in [7, 11) is 1.35. The van der Waals surface area contributed by atoms with Gasteiger partial charge in [0.25, 0.3) is 0 Å². The Morgan fingerprint density at radius 2 is 2.18 bits per heavy atom. The minimum atomic E-state index is -0.495. The molecule has 1 aliphatic heterocycles. The quantitative estimate of drug-likeness (QED) is 0.735. The standard InChI is InChI=1S/C12H22N2O3/c1-3-6-9(13)11(15)14-8-5-4-7-10(14)12(16)17-2/h9-10H,3-8,13H2,1-2H3/t9-,10?/m0/s1. The molecular formula is C12H22N2O3. The molecule has 0 aromatic heterocycles. The summed E-state index contributed by atoms with van der Waals surface area (Å²) in [6, 6.07) is -0.936. The first-order valence-corrected chi connectivity index (χ1v) is 6.25. The van der Waals surface area contributed by atoms with Crippen LogP contribution in [-0.2, 0) is 14.3 Å². The summed E-state index contributed by atoms with van der Waals surface area (Å²) < 4.78 is 4.74.